The van der Waals surface area contributed by atoms with Crippen LogP contribution in [-0.2, 0) is 0 Å². The van der Waals surface area contributed by atoms with Gasteiger partial charge in [-0.1, -0.05) is 133 Å². The Morgan fingerprint density at radius 2 is 1.17 bits per heavy atom. The van der Waals surface area contributed by atoms with Crippen molar-refractivity contribution in [2.45, 2.75) is 18.4 Å². The maximum Gasteiger partial charge on any atom is 0.131 e. The molecule has 0 saturated carbocycles. The minimum atomic E-state index is -0.104. The fourth-order valence-corrected chi connectivity index (χ4v) is 7.87. The molecule has 2 aromatic heterocycles. The summed E-state index contributed by atoms with van der Waals surface area (Å²) < 4.78 is 0. The third-order valence-electron chi connectivity index (χ3n) is 10.4. The van der Waals surface area contributed by atoms with Crippen LogP contribution in [0.25, 0.3) is 38.5 Å². The van der Waals surface area contributed by atoms with Crippen LogP contribution < -0.4 is 20.9 Å². The lowest BCUT2D eigenvalue weighted by molar-refractivity contribution is 0.442. The summed E-state index contributed by atoms with van der Waals surface area (Å²) in [4.78, 5) is 10.7. The molecule has 52 heavy (non-hydrogen) atoms. The lowest BCUT2D eigenvalue weighted by Gasteiger charge is -2.33. The number of pyridine rings is 1. The lowest BCUT2D eigenvalue weighted by atomic mass is 9.97. The maximum atomic E-state index is 4.81. The van der Waals surface area contributed by atoms with Crippen LogP contribution in [-0.4, -0.2) is 9.97 Å². The van der Waals surface area contributed by atoms with E-state index in [1.165, 1.54) is 33.2 Å². The van der Waals surface area contributed by atoms with Gasteiger partial charge in [-0.3, -0.25) is 10.3 Å². The second kappa shape index (κ2) is 12.6. The first-order chi connectivity index (χ1) is 25.8. The highest BCUT2D eigenvalue weighted by atomic mass is 15.4. The molecule has 3 unspecified atom stereocenters. The van der Waals surface area contributed by atoms with Gasteiger partial charge >= 0.3 is 0 Å². The molecule has 10 rings (SSSR count). The largest absolute Gasteiger partial charge is 0.366 e. The predicted molar refractivity (Wildman–Crippen MR) is 213 cm³/mol. The van der Waals surface area contributed by atoms with E-state index in [0.29, 0.717) is 0 Å². The summed E-state index contributed by atoms with van der Waals surface area (Å²) in [6.07, 6.45) is 6.05. The van der Waals surface area contributed by atoms with Crippen molar-refractivity contribution in [1.82, 2.24) is 20.6 Å². The molecule has 4 heterocycles. The Balaban J connectivity index is 0.968. The van der Waals surface area contributed by atoms with Crippen LogP contribution in [0.1, 0.15) is 40.6 Å². The van der Waals surface area contributed by atoms with E-state index in [2.05, 4.69) is 184 Å². The van der Waals surface area contributed by atoms with Crippen molar-refractivity contribution in [3.8, 4) is 11.1 Å². The number of H-pyrrole nitrogens is 1. The van der Waals surface area contributed by atoms with Crippen molar-refractivity contribution < 1.29 is 0 Å². The molecule has 0 radical (unpaired) electrons. The van der Waals surface area contributed by atoms with E-state index in [9.17, 15) is 0 Å². The van der Waals surface area contributed by atoms with E-state index < -0.39 is 0 Å². The molecule has 0 amide bonds. The highest BCUT2D eigenvalue weighted by Gasteiger charge is 2.35. The second-order valence-corrected chi connectivity index (χ2v) is 13.5. The fraction of sp³-hybridized carbons (Fsp3) is 0.0652. The van der Waals surface area contributed by atoms with Gasteiger partial charge in [-0.05, 0) is 63.7 Å². The number of nitrogens with zero attached hydrogens (tertiary/aromatic N) is 2. The van der Waals surface area contributed by atoms with Crippen LogP contribution in [0, 0.1) is 0 Å². The van der Waals surface area contributed by atoms with E-state index in [1.54, 1.807) is 0 Å². The quantitative estimate of drug-likeness (QED) is 0.132. The minimum Gasteiger partial charge on any atom is -0.366 e. The molecule has 0 spiro atoms. The molecular weight excluding hydrogens is 637 g/mol. The number of hydrogen-bond donors (Lipinski definition) is 4. The number of rotatable bonds is 6. The number of benzene rings is 6. The third-order valence-corrected chi connectivity index (χ3v) is 10.4. The average Bonchev–Trinajstić information content (AvgIpc) is 3.91. The molecule has 250 valence electrons. The second-order valence-electron chi connectivity index (χ2n) is 13.5. The van der Waals surface area contributed by atoms with Gasteiger partial charge in [0.05, 0.1) is 22.9 Å². The number of aromatic amines is 1. The summed E-state index contributed by atoms with van der Waals surface area (Å²) in [7, 11) is 0. The van der Waals surface area contributed by atoms with E-state index in [1.807, 2.05) is 18.5 Å². The molecule has 2 aliphatic heterocycles. The highest BCUT2D eigenvalue weighted by Crippen LogP contribution is 2.52. The first kappa shape index (κ1) is 30.2. The van der Waals surface area contributed by atoms with Crippen molar-refractivity contribution in [3.63, 3.8) is 0 Å². The van der Waals surface area contributed by atoms with Crippen molar-refractivity contribution in [2.75, 3.05) is 10.2 Å². The number of anilines is 3. The summed E-state index contributed by atoms with van der Waals surface area (Å²) in [6, 6.07) is 56.1. The number of nitrogens with one attached hydrogen (secondary N) is 4. The van der Waals surface area contributed by atoms with Crippen LogP contribution in [0.4, 0.5) is 17.2 Å². The zero-order valence-corrected chi connectivity index (χ0v) is 28.4. The lowest BCUT2D eigenvalue weighted by Crippen LogP contribution is -2.39. The topological polar surface area (TPSA) is 68.0 Å². The first-order valence-electron chi connectivity index (χ1n) is 17.8. The van der Waals surface area contributed by atoms with Crippen molar-refractivity contribution in [3.05, 3.63) is 198 Å². The van der Waals surface area contributed by atoms with Gasteiger partial charge in [-0.15, -0.1) is 0 Å². The molecule has 0 fully saturated rings. The molecular formula is C46H36N6. The summed E-state index contributed by atoms with van der Waals surface area (Å²) in [6.45, 7) is 0. The van der Waals surface area contributed by atoms with Crippen LogP contribution in [0.2, 0.25) is 0 Å². The van der Waals surface area contributed by atoms with Gasteiger partial charge in [0.2, 0.25) is 0 Å². The molecule has 0 saturated heterocycles. The van der Waals surface area contributed by atoms with E-state index >= 15 is 0 Å². The molecule has 3 atom stereocenters. The summed E-state index contributed by atoms with van der Waals surface area (Å²) in [5, 5.41) is 14.9. The monoisotopic (exact) mass is 672 g/mol. The molecule has 4 N–H and O–H groups in total. The number of fused-ring (bicyclic) bond motifs is 6. The SMILES string of the molecule is C1=C(c2ccc(-c3ccc(C4Nc5c(c6ccccc6c6ncccc56)N4c4ccc[nH]4)cc3)cc2)NC(c2ccccc2)NC1c1ccccc1. The summed E-state index contributed by atoms with van der Waals surface area (Å²) in [5.41, 5.74) is 11.5. The van der Waals surface area contributed by atoms with Gasteiger partial charge in [-0.2, -0.15) is 0 Å². The molecule has 6 aromatic carbocycles. The van der Waals surface area contributed by atoms with E-state index in [0.717, 1.165) is 44.7 Å². The van der Waals surface area contributed by atoms with Crippen molar-refractivity contribution in [2.24, 2.45) is 0 Å². The Hall–Kier alpha value is -6.63. The number of aromatic nitrogens is 2. The van der Waals surface area contributed by atoms with Gasteiger partial charge in [0.25, 0.3) is 0 Å². The van der Waals surface area contributed by atoms with Gasteiger partial charge in [0.1, 0.15) is 18.1 Å². The van der Waals surface area contributed by atoms with Gasteiger partial charge in [0, 0.05) is 34.2 Å². The Morgan fingerprint density at radius 1 is 0.519 bits per heavy atom. The van der Waals surface area contributed by atoms with Crippen LogP contribution in [0.3, 0.4) is 0 Å². The minimum absolute atomic E-state index is 0.00764. The molecule has 6 nitrogen and oxygen atoms in total. The Bertz CT molecular complexity index is 2540. The van der Waals surface area contributed by atoms with E-state index in [-0.39, 0.29) is 18.4 Å². The summed E-state index contributed by atoms with van der Waals surface area (Å²) >= 11 is 0. The predicted octanol–water partition coefficient (Wildman–Crippen LogP) is 10.6. The van der Waals surface area contributed by atoms with Crippen LogP contribution >= 0.6 is 0 Å². The fourth-order valence-electron chi connectivity index (χ4n) is 7.87. The first-order valence-corrected chi connectivity index (χ1v) is 17.8. The zero-order valence-electron chi connectivity index (χ0n) is 28.4. The highest BCUT2D eigenvalue weighted by molar-refractivity contribution is 6.20. The van der Waals surface area contributed by atoms with Crippen LogP contribution in [0.15, 0.2) is 176 Å². The Morgan fingerprint density at radius 3 is 1.90 bits per heavy atom. The van der Waals surface area contributed by atoms with Gasteiger partial charge in [-0.25, -0.2) is 0 Å². The standard InChI is InChI=1S/C46H36N6/c1-3-11-32(12-4-1)39-29-40(50-45(49-39)34-13-5-2-6-14-34)33-23-19-30(20-24-33)31-21-25-35(26-22-31)46-51-43-38-17-9-28-48-42(38)36-15-7-8-16-37(36)44(43)52(46)41-18-10-27-47-41/h1-29,39,45-47,49-51H. The maximum absolute atomic E-state index is 4.81. The van der Waals surface area contributed by atoms with E-state index in [4.69, 9.17) is 4.98 Å². The van der Waals surface area contributed by atoms with Gasteiger partial charge in [0.15, 0.2) is 0 Å². The number of hydrogen-bond acceptors (Lipinski definition) is 5. The molecule has 0 bridgehead atoms. The van der Waals surface area contributed by atoms with Crippen molar-refractivity contribution in [1.29, 1.82) is 0 Å². The molecule has 8 aromatic rings. The molecule has 0 aliphatic carbocycles. The Labute approximate surface area is 302 Å². The normalized spacial score (nSPS) is 18.1. The van der Waals surface area contributed by atoms with Crippen LogP contribution in [0.5, 0.6) is 0 Å². The molecule has 2 aliphatic rings. The molecule has 6 heteroatoms. The summed E-state index contributed by atoms with van der Waals surface area (Å²) in [5.74, 6) is 1.04. The zero-order chi connectivity index (χ0) is 34.4. The van der Waals surface area contributed by atoms with Gasteiger partial charge < -0.3 is 20.5 Å². The smallest absolute Gasteiger partial charge is 0.131 e. The Kier molecular flexibility index (Phi) is 7.32. The van der Waals surface area contributed by atoms with Crippen molar-refractivity contribution >= 4 is 44.6 Å². The average molecular weight is 673 g/mol. The third kappa shape index (κ3) is 5.20.